The summed E-state index contributed by atoms with van der Waals surface area (Å²) >= 11 is 1.66. The van der Waals surface area contributed by atoms with E-state index in [-0.39, 0.29) is 17.5 Å². The van der Waals surface area contributed by atoms with Gasteiger partial charge in [-0.1, -0.05) is 6.07 Å². The third-order valence-electron chi connectivity index (χ3n) is 2.98. The Morgan fingerprint density at radius 2 is 2.16 bits per heavy atom. The molecule has 1 aromatic carbocycles. The van der Waals surface area contributed by atoms with Gasteiger partial charge in [0.1, 0.15) is 11.5 Å². The number of aryl methyl sites for hydroxylation is 1. The standard InChI is InChI=1S/C14H18N2O2S/c1-9(13-4-3-12(17)7-14(13)18)15-6-5-11-8-19-10(2)16-11/h3-4,7-9,15,17-18H,5-6H2,1-2H3. The van der Waals surface area contributed by atoms with Crippen LogP contribution in [0.15, 0.2) is 23.6 Å². The summed E-state index contributed by atoms with van der Waals surface area (Å²) in [5.41, 5.74) is 1.88. The van der Waals surface area contributed by atoms with E-state index in [0.29, 0.717) is 0 Å². The number of benzene rings is 1. The zero-order chi connectivity index (χ0) is 13.8. The van der Waals surface area contributed by atoms with E-state index in [2.05, 4.69) is 15.7 Å². The lowest BCUT2D eigenvalue weighted by Crippen LogP contribution is -2.21. The van der Waals surface area contributed by atoms with E-state index in [1.807, 2.05) is 13.8 Å². The van der Waals surface area contributed by atoms with Crippen LogP contribution in [-0.2, 0) is 6.42 Å². The van der Waals surface area contributed by atoms with E-state index in [4.69, 9.17) is 0 Å². The van der Waals surface area contributed by atoms with Crippen LogP contribution in [0.4, 0.5) is 0 Å². The number of aromatic nitrogens is 1. The van der Waals surface area contributed by atoms with Gasteiger partial charge in [-0.25, -0.2) is 4.98 Å². The highest BCUT2D eigenvalue weighted by Gasteiger charge is 2.10. The third kappa shape index (κ3) is 3.68. The molecule has 0 saturated heterocycles. The molecule has 1 heterocycles. The van der Waals surface area contributed by atoms with Gasteiger partial charge in [0.15, 0.2) is 0 Å². The second-order valence-electron chi connectivity index (χ2n) is 4.53. The summed E-state index contributed by atoms with van der Waals surface area (Å²) in [6.07, 6.45) is 0.869. The van der Waals surface area contributed by atoms with Crippen molar-refractivity contribution in [2.24, 2.45) is 0 Å². The van der Waals surface area contributed by atoms with Crippen molar-refractivity contribution >= 4 is 11.3 Å². The molecule has 0 bridgehead atoms. The molecule has 0 aliphatic carbocycles. The molecule has 0 aliphatic rings. The summed E-state index contributed by atoms with van der Waals surface area (Å²) < 4.78 is 0. The Bertz CT molecular complexity index is 554. The SMILES string of the molecule is Cc1nc(CCNC(C)c2ccc(O)cc2O)cs1. The van der Waals surface area contributed by atoms with Crippen molar-refractivity contribution in [3.63, 3.8) is 0 Å². The number of aromatic hydroxyl groups is 2. The molecule has 0 spiro atoms. The monoisotopic (exact) mass is 278 g/mol. The van der Waals surface area contributed by atoms with Crippen LogP contribution in [0.5, 0.6) is 11.5 Å². The van der Waals surface area contributed by atoms with Crippen molar-refractivity contribution in [2.75, 3.05) is 6.54 Å². The maximum atomic E-state index is 9.77. The number of hydrogen-bond acceptors (Lipinski definition) is 5. The lowest BCUT2D eigenvalue weighted by Gasteiger charge is -2.15. The van der Waals surface area contributed by atoms with Crippen molar-refractivity contribution < 1.29 is 10.2 Å². The van der Waals surface area contributed by atoms with Crippen molar-refractivity contribution in [1.82, 2.24) is 10.3 Å². The molecule has 0 saturated carbocycles. The number of thiazole rings is 1. The summed E-state index contributed by atoms with van der Waals surface area (Å²) in [5.74, 6) is 0.191. The molecule has 3 N–H and O–H groups in total. The molecule has 5 heteroatoms. The van der Waals surface area contributed by atoms with Gasteiger partial charge >= 0.3 is 0 Å². The second-order valence-corrected chi connectivity index (χ2v) is 5.59. The molecule has 0 aliphatic heterocycles. The van der Waals surface area contributed by atoms with E-state index < -0.39 is 0 Å². The first-order valence-corrected chi connectivity index (χ1v) is 7.10. The highest BCUT2D eigenvalue weighted by atomic mass is 32.1. The number of nitrogens with zero attached hydrogens (tertiary/aromatic N) is 1. The molecule has 0 radical (unpaired) electrons. The predicted octanol–water partition coefficient (Wildman–Crippen LogP) is 2.76. The first-order chi connectivity index (χ1) is 9.06. The smallest absolute Gasteiger partial charge is 0.124 e. The molecular weight excluding hydrogens is 260 g/mol. The summed E-state index contributed by atoms with van der Waals surface area (Å²) in [6.45, 7) is 4.78. The van der Waals surface area contributed by atoms with Crippen molar-refractivity contribution in [3.05, 3.63) is 39.8 Å². The molecule has 102 valence electrons. The minimum atomic E-state index is 0.0281. The number of phenolic OH excluding ortho intramolecular Hbond substituents is 2. The lowest BCUT2D eigenvalue weighted by molar-refractivity contribution is 0.436. The predicted molar refractivity (Wildman–Crippen MR) is 76.7 cm³/mol. The molecule has 0 amide bonds. The Morgan fingerprint density at radius 1 is 1.37 bits per heavy atom. The van der Waals surface area contributed by atoms with Gasteiger partial charge < -0.3 is 15.5 Å². The third-order valence-corrected chi connectivity index (χ3v) is 3.80. The van der Waals surface area contributed by atoms with Crippen molar-refractivity contribution in [2.45, 2.75) is 26.3 Å². The van der Waals surface area contributed by atoms with E-state index >= 15 is 0 Å². The van der Waals surface area contributed by atoms with Gasteiger partial charge in [0.25, 0.3) is 0 Å². The Hall–Kier alpha value is -1.59. The normalized spacial score (nSPS) is 12.5. The molecule has 19 heavy (non-hydrogen) atoms. The molecule has 2 rings (SSSR count). The second kappa shape index (κ2) is 6.04. The fourth-order valence-corrected chi connectivity index (χ4v) is 2.60. The zero-order valence-electron chi connectivity index (χ0n) is 11.1. The Morgan fingerprint density at radius 3 is 2.79 bits per heavy atom. The molecular formula is C14H18N2O2S. The van der Waals surface area contributed by atoms with Crippen LogP contribution in [0, 0.1) is 6.92 Å². The van der Waals surface area contributed by atoms with E-state index in [9.17, 15) is 10.2 Å². The first kappa shape index (κ1) is 13.8. The van der Waals surface area contributed by atoms with Crippen LogP contribution in [0.25, 0.3) is 0 Å². The fourth-order valence-electron chi connectivity index (χ4n) is 1.95. The van der Waals surface area contributed by atoms with Gasteiger partial charge in [0, 0.05) is 36.0 Å². The van der Waals surface area contributed by atoms with Crippen LogP contribution in [0.3, 0.4) is 0 Å². The minimum Gasteiger partial charge on any atom is -0.508 e. The molecule has 0 fully saturated rings. The molecule has 4 nitrogen and oxygen atoms in total. The van der Waals surface area contributed by atoms with Gasteiger partial charge in [0.2, 0.25) is 0 Å². The summed E-state index contributed by atoms with van der Waals surface area (Å²) in [7, 11) is 0. The van der Waals surface area contributed by atoms with Gasteiger partial charge in [-0.15, -0.1) is 11.3 Å². The molecule has 1 unspecified atom stereocenters. The highest BCUT2D eigenvalue weighted by Crippen LogP contribution is 2.27. The van der Waals surface area contributed by atoms with Gasteiger partial charge in [-0.2, -0.15) is 0 Å². The minimum absolute atomic E-state index is 0.0281. The number of nitrogens with one attached hydrogen (secondary N) is 1. The Balaban J connectivity index is 1.88. The van der Waals surface area contributed by atoms with Gasteiger partial charge in [-0.3, -0.25) is 0 Å². The van der Waals surface area contributed by atoms with Crippen LogP contribution in [0.2, 0.25) is 0 Å². The quantitative estimate of drug-likeness (QED) is 0.787. The average molecular weight is 278 g/mol. The van der Waals surface area contributed by atoms with Crippen molar-refractivity contribution in [1.29, 1.82) is 0 Å². The van der Waals surface area contributed by atoms with E-state index in [0.717, 1.165) is 29.2 Å². The Labute approximate surface area is 116 Å². The lowest BCUT2D eigenvalue weighted by atomic mass is 10.1. The summed E-state index contributed by atoms with van der Waals surface area (Å²) in [5, 5.41) is 25.5. The number of hydrogen-bond donors (Lipinski definition) is 3. The van der Waals surface area contributed by atoms with E-state index in [1.54, 1.807) is 23.5 Å². The largest absolute Gasteiger partial charge is 0.508 e. The Kier molecular flexibility index (Phi) is 4.39. The maximum Gasteiger partial charge on any atom is 0.124 e. The van der Waals surface area contributed by atoms with Gasteiger partial charge in [0.05, 0.1) is 10.7 Å². The zero-order valence-corrected chi connectivity index (χ0v) is 11.9. The van der Waals surface area contributed by atoms with Crippen LogP contribution >= 0.6 is 11.3 Å². The highest BCUT2D eigenvalue weighted by molar-refractivity contribution is 7.09. The molecule has 2 aromatic rings. The summed E-state index contributed by atoms with van der Waals surface area (Å²) in [6, 6.07) is 4.70. The maximum absolute atomic E-state index is 9.77. The van der Waals surface area contributed by atoms with Crippen LogP contribution in [-0.4, -0.2) is 21.7 Å². The summed E-state index contributed by atoms with van der Waals surface area (Å²) in [4.78, 5) is 4.41. The first-order valence-electron chi connectivity index (χ1n) is 6.22. The fraction of sp³-hybridized carbons (Fsp3) is 0.357. The molecule has 1 aromatic heterocycles. The average Bonchev–Trinajstić information content (AvgIpc) is 2.75. The van der Waals surface area contributed by atoms with Gasteiger partial charge in [-0.05, 0) is 19.9 Å². The topological polar surface area (TPSA) is 65.4 Å². The van der Waals surface area contributed by atoms with Crippen LogP contribution in [0.1, 0.15) is 29.2 Å². The van der Waals surface area contributed by atoms with Crippen molar-refractivity contribution in [3.8, 4) is 11.5 Å². The molecule has 1 atom stereocenters. The number of rotatable bonds is 5. The number of phenols is 2. The van der Waals surface area contributed by atoms with Crippen LogP contribution < -0.4 is 5.32 Å². The van der Waals surface area contributed by atoms with E-state index in [1.165, 1.54) is 6.07 Å².